The van der Waals surface area contributed by atoms with Gasteiger partial charge in [0.25, 0.3) is 0 Å². The van der Waals surface area contributed by atoms with Gasteiger partial charge < -0.3 is 5.11 Å². The van der Waals surface area contributed by atoms with Gasteiger partial charge in [0.15, 0.2) is 0 Å². The Bertz CT molecular complexity index is 545. The average molecular weight is 245 g/mol. The van der Waals surface area contributed by atoms with Gasteiger partial charge in [-0.2, -0.15) is 0 Å². The number of para-hydroxylation sites is 1. The Hall–Kier alpha value is -0.930. The van der Waals surface area contributed by atoms with Gasteiger partial charge in [-0.3, -0.25) is 0 Å². The van der Waals surface area contributed by atoms with Gasteiger partial charge >= 0.3 is 0 Å². The molecule has 1 aromatic heterocycles. The number of fused-ring (bicyclic) bond motifs is 3. The fourth-order valence-electron chi connectivity index (χ4n) is 3.65. The zero-order valence-electron chi connectivity index (χ0n) is 9.60. The average Bonchev–Trinajstić information content (AvgIpc) is 2.99. The van der Waals surface area contributed by atoms with Gasteiger partial charge in [0, 0.05) is 5.41 Å². The summed E-state index contributed by atoms with van der Waals surface area (Å²) >= 11 is 1.78. The predicted octanol–water partition coefficient (Wildman–Crippen LogP) is 3.10. The summed E-state index contributed by atoms with van der Waals surface area (Å²) in [5, 5.41) is 11.5. The van der Waals surface area contributed by atoms with Crippen molar-refractivity contribution in [1.29, 1.82) is 0 Å². The summed E-state index contributed by atoms with van der Waals surface area (Å²) in [7, 11) is 0. The molecule has 0 radical (unpaired) electrons. The van der Waals surface area contributed by atoms with Crippen LogP contribution in [0.15, 0.2) is 24.3 Å². The molecule has 1 heterocycles. The first kappa shape index (κ1) is 10.0. The zero-order valence-corrected chi connectivity index (χ0v) is 10.4. The summed E-state index contributed by atoms with van der Waals surface area (Å²) < 4.78 is 1.25. The minimum absolute atomic E-state index is 0.00560. The predicted molar refractivity (Wildman–Crippen MR) is 69.3 cm³/mol. The fraction of sp³-hybridized carbons (Fsp3) is 0.500. The van der Waals surface area contributed by atoms with Crippen molar-refractivity contribution >= 4 is 21.6 Å². The monoisotopic (exact) mass is 245 g/mol. The van der Waals surface area contributed by atoms with E-state index < -0.39 is 0 Å². The number of thiazole rings is 1. The van der Waals surface area contributed by atoms with Crippen LogP contribution >= 0.6 is 11.3 Å². The maximum absolute atomic E-state index is 10.3. The topological polar surface area (TPSA) is 33.1 Å². The van der Waals surface area contributed by atoms with Crippen molar-refractivity contribution in [3.05, 3.63) is 29.3 Å². The van der Waals surface area contributed by atoms with Crippen molar-refractivity contribution in [3.8, 4) is 0 Å². The molecule has 2 fully saturated rings. The molecule has 2 aliphatic carbocycles. The second kappa shape index (κ2) is 3.30. The van der Waals surface area contributed by atoms with E-state index in [0.29, 0.717) is 0 Å². The first-order valence-corrected chi connectivity index (χ1v) is 7.14. The van der Waals surface area contributed by atoms with Crippen molar-refractivity contribution in [2.24, 2.45) is 5.92 Å². The van der Waals surface area contributed by atoms with Crippen molar-refractivity contribution in [2.45, 2.75) is 37.2 Å². The van der Waals surface area contributed by atoms with E-state index in [9.17, 15) is 5.11 Å². The van der Waals surface area contributed by atoms with Crippen LogP contribution in [0, 0.1) is 5.92 Å². The van der Waals surface area contributed by atoms with E-state index >= 15 is 0 Å². The molecular weight excluding hydrogens is 230 g/mol. The molecule has 0 spiro atoms. The second-order valence-corrected chi connectivity index (χ2v) is 6.53. The highest BCUT2D eigenvalue weighted by molar-refractivity contribution is 7.18. The van der Waals surface area contributed by atoms with Gasteiger partial charge in [-0.15, -0.1) is 11.3 Å². The van der Waals surface area contributed by atoms with E-state index in [1.54, 1.807) is 11.3 Å². The summed E-state index contributed by atoms with van der Waals surface area (Å²) in [5.41, 5.74) is 1.08. The lowest BCUT2D eigenvalue weighted by molar-refractivity contribution is 0.0890. The first-order valence-electron chi connectivity index (χ1n) is 6.32. The molecule has 0 aliphatic heterocycles. The van der Waals surface area contributed by atoms with Crippen LogP contribution in [-0.4, -0.2) is 16.2 Å². The standard InChI is InChI=1S/C14H15NOS/c16-12-7-9-5-6-14(12,8-9)13-15-10-3-1-2-4-11(10)17-13/h1-4,9,12,16H,5-8H2/t9-,12+,14-/m1/s1. The molecule has 17 heavy (non-hydrogen) atoms. The number of aliphatic hydroxyl groups is 1. The van der Waals surface area contributed by atoms with E-state index in [1.165, 1.54) is 16.1 Å². The number of aromatic nitrogens is 1. The summed E-state index contributed by atoms with van der Waals surface area (Å²) in [6, 6.07) is 8.29. The van der Waals surface area contributed by atoms with Crippen LogP contribution in [0.25, 0.3) is 10.2 Å². The minimum atomic E-state index is -0.165. The minimum Gasteiger partial charge on any atom is -0.392 e. The molecule has 2 bridgehead atoms. The molecule has 4 rings (SSSR count). The molecule has 0 amide bonds. The number of hydrogen-bond acceptors (Lipinski definition) is 3. The normalized spacial score (nSPS) is 35.8. The molecule has 3 atom stereocenters. The Labute approximate surface area is 104 Å². The number of benzene rings is 1. The lowest BCUT2D eigenvalue weighted by Gasteiger charge is -2.29. The quantitative estimate of drug-likeness (QED) is 0.837. The Balaban J connectivity index is 1.88. The van der Waals surface area contributed by atoms with Crippen molar-refractivity contribution < 1.29 is 5.11 Å². The van der Waals surface area contributed by atoms with Gasteiger partial charge in [-0.1, -0.05) is 12.1 Å². The molecule has 1 N–H and O–H groups in total. The van der Waals surface area contributed by atoms with E-state index in [-0.39, 0.29) is 11.5 Å². The maximum atomic E-state index is 10.3. The van der Waals surface area contributed by atoms with Crippen LogP contribution in [0.4, 0.5) is 0 Å². The Morgan fingerprint density at radius 2 is 2.24 bits per heavy atom. The zero-order chi connectivity index (χ0) is 11.5. The smallest absolute Gasteiger partial charge is 0.103 e. The molecule has 2 aromatic rings. The summed E-state index contributed by atoms with van der Waals surface area (Å²) in [6.07, 6.45) is 4.36. The molecule has 0 unspecified atom stereocenters. The van der Waals surface area contributed by atoms with Crippen LogP contribution in [0.2, 0.25) is 0 Å². The highest BCUT2D eigenvalue weighted by atomic mass is 32.1. The number of hydrogen-bond donors (Lipinski definition) is 1. The third-order valence-electron chi connectivity index (χ3n) is 4.57. The molecular formula is C14H15NOS. The van der Waals surface area contributed by atoms with Crippen molar-refractivity contribution in [2.75, 3.05) is 0 Å². The maximum Gasteiger partial charge on any atom is 0.103 e. The van der Waals surface area contributed by atoms with Gasteiger partial charge in [-0.25, -0.2) is 4.98 Å². The summed E-state index contributed by atoms with van der Waals surface area (Å²) in [5.74, 6) is 0.733. The van der Waals surface area contributed by atoms with Crippen LogP contribution < -0.4 is 0 Å². The van der Waals surface area contributed by atoms with Gasteiger partial charge in [0.1, 0.15) is 5.01 Å². The molecule has 2 nitrogen and oxygen atoms in total. The molecule has 2 aliphatic rings. The van der Waals surface area contributed by atoms with Crippen LogP contribution in [-0.2, 0) is 5.41 Å². The van der Waals surface area contributed by atoms with E-state index in [2.05, 4.69) is 18.2 Å². The molecule has 0 saturated heterocycles. The third kappa shape index (κ3) is 1.27. The molecule has 88 valence electrons. The van der Waals surface area contributed by atoms with Gasteiger partial charge in [0.05, 0.1) is 16.3 Å². The van der Waals surface area contributed by atoms with Gasteiger partial charge in [-0.05, 0) is 43.7 Å². The van der Waals surface area contributed by atoms with Crippen LogP contribution in [0.1, 0.15) is 30.7 Å². The lowest BCUT2D eigenvalue weighted by atomic mass is 9.82. The Kier molecular flexibility index (Phi) is 1.95. The van der Waals surface area contributed by atoms with E-state index in [1.807, 2.05) is 6.07 Å². The number of rotatable bonds is 1. The SMILES string of the molecule is O[C@H]1C[C@H]2CC[C@@]1(c1nc3ccccc3s1)C2. The Morgan fingerprint density at radius 1 is 1.35 bits per heavy atom. The summed E-state index contributed by atoms with van der Waals surface area (Å²) in [4.78, 5) is 4.77. The largest absolute Gasteiger partial charge is 0.392 e. The van der Waals surface area contributed by atoms with Crippen LogP contribution in [0.3, 0.4) is 0 Å². The van der Waals surface area contributed by atoms with Crippen molar-refractivity contribution in [3.63, 3.8) is 0 Å². The first-order chi connectivity index (χ1) is 8.28. The molecule has 1 aromatic carbocycles. The summed E-state index contributed by atoms with van der Waals surface area (Å²) in [6.45, 7) is 0. The van der Waals surface area contributed by atoms with Gasteiger partial charge in [0.2, 0.25) is 0 Å². The van der Waals surface area contributed by atoms with Crippen LogP contribution in [0.5, 0.6) is 0 Å². The second-order valence-electron chi connectivity index (χ2n) is 5.50. The van der Waals surface area contributed by atoms with Crippen molar-refractivity contribution in [1.82, 2.24) is 4.98 Å². The number of aliphatic hydroxyl groups excluding tert-OH is 1. The third-order valence-corrected chi connectivity index (χ3v) is 5.82. The number of nitrogens with zero attached hydrogens (tertiary/aromatic N) is 1. The lowest BCUT2D eigenvalue weighted by Crippen LogP contribution is -2.34. The Morgan fingerprint density at radius 3 is 2.94 bits per heavy atom. The molecule has 2 saturated carbocycles. The highest BCUT2D eigenvalue weighted by Crippen LogP contribution is 2.56. The molecule has 3 heteroatoms. The highest BCUT2D eigenvalue weighted by Gasteiger charge is 2.54. The fourth-order valence-corrected chi connectivity index (χ4v) is 4.89. The van der Waals surface area contributed by atoms with E-state index in [0.717, 1.165) is 30.7 Å². The van der Waals surface area contributed by atoms with E-state index in [4.69, 9.17) is 4.98 Å².